The molecule has 0 fully saturated rings. The number of rotatable bonds is 2. The molecular formula is C21H20O2. The molecule has 2 aromatic carbocycles. The van der Waals surface area contributed by atoms with Gasteiger partial charge in [0.15, 0.2) is 5.78 Å². The lowest BCUT2D eigenvalue weighted by molar-refractivity contribution is 0.00525. The summed E-state index contributed by atoms with van der Waals surface area (Å²) in [4.78, 5) is 13.5. The van der Waals surface area contributed by atoms with Gasteiger partial charge < -0.3 is 5.11 Å². The van der Waals surface area contributed by atoms with Crippen LogP contribution in [0.5, 0.6) is 0 Å². The van der Waals surface area contributed by atoms with Crippen molar-refractivity contribution in [3.63, 3.8) is 0 Å². The Hall–Kier alpha value is -2.19. The molecule has 0 saturated carbocycles. The van der Waals surface area contributed by atoms with Crippen LogP contribution in [0.2, 0.25) is 0 Å². The van der Waals surface area contributed by atoms with Crippen LogP contribution in [0.15, 0.2) is 54.1 Å². The van der Waals surface area contributed by atoms with Crippen molar-refractivity contribution in [2.75, 3.05) is 0 Å². The summed E-state index contributed by atoms with van der Waals surface area (Å²) < 4.78 is 0. The van der Waals surface area contributed by atoms with Crippen LogP contribution in [0.3, 0.4) is 0 Å². The highest BCUT2D eigenvalue weighted by molar-refractivity contribution is 6.14. The molecule has 2 aromatic rings. The Morgan fingerprint density at radius 2 is 1.65 bits per heavy atom. The lowest BCUT2D eigenvalue weighted by atomic mass is 9.64. The van der Waals surface area contributed by atoms with E-state index in [1.807, 2.05) is 48.5 Å². The Balaban J connectivity index is 2.07. The molecule has 0 aromatic heterocycles. The van der Waals surface area contributed by atoms with Crippen molar-refractivity contribution >= 4 is 11.9 Å². The largest absolute Gasteiger partial charge is 0.384 e. The van der Waals surface area contributed by atoms with E-state index >= 15 is 0 Å². The molecule has 1 spiro atoms. The molecule has 4 rings (SSSR count). The topological polar surface area (TPSA) is 37.3 Å². The summed E-state index contributed by atoms with van der Waals surface area (Å²) in [6.07, 6.45) is 3.86. The number of ketones is 1. The molecule has 1 N–H and O–H groups in total. The van der Waals surface area contributed by atoms with Crippen molar-refractivity contribution in [2.24, 2.45) is 0 Å². The fourth-order valence-corrected chi connectivity index (χ4v) is 4.54. The zero-order valence-electron chi connectivity index (χ0n) is 13.5. The van der Waals surface area contributed by atoms with Gasteiger partial charge in [-0.15, -0.1) is 0 Å². The maximum absolute atomic E-state index is 13.5. The Morgan fingerprint density at radius 1 is 1.00 bits per heavy atom. The number of hydrogen-bond donors (Lipinski definition) is 1. The molecule has 0 amide bonds. The fraction of sp³-hybridized carbons (Fsp3) is 0.286. The van der Waals surface area contributed by atoms with E-state index in [0.717, 1.165) is 35.1 Å². The summed E-state index contributed by atoms with van der Waals surface area (Å²) in [5.41, 5.74) is 2.22. The summed E-state index contributed by atoms with van der Waals surface area (Å²) >= 11 is 0. The maximum Gasteiger partial charge on any atom is 0.181 e. The molecule has 0 saturated heterocycles. The van der Waals surface area contributed by atoms with Crippen molar-refractivity contribution in [1.29, 1.82) is 0 Å². The Bertz CT molecular complexity index is 844. The Labute approximate surface area is 136 Å². The van der Waals surface area contributed by atoms with E-state index in [0.29, 0.717) is 5.56 Å². The molecule has 2 aliphatic rings. The van der Waals surface area contributed by atoms with Crippen LogP contribution >= 0.6 is 0 Å². The molecule has 0 unspecified atom stereocenters. The SMILES string of the molecule is CCCC1=Cc2ccccc2[C@]12C(=O)c1ccccc1[C@]2(C)O. The van der Waals surface area contributed by atoms with Crippen molar-refractivity contribution in [3.05, 3.63) is 76.4 Å². The first kappa shape index (κ1) is 14.4. The monoisotopic (exact) mass is 304 g/mol. The summed E-state index contributed by atoms with van der Waals surface area (Å²) in [6, 6.07) is 15.4. The molecule has 0 aliphatic heterocycles. The van der Waals surface area contributed by atoms with Crippen molar-refractivity contribution in [3.8, 4) is 0 Å². The van der Waals surface area contributed by atoms with E-state index in [2.05, 4.69) is 13.0 Å². The first-order valence-electron chi connectivity index (χ1n) is 8.22. The van der Waals surface area contributed by atoms with Crippen molar-refractivity contribution in [2.45, 2.75) is 37.7 Å². The van der Waals surface area contributed by atoms with Gasteiger partial charge in [0.05, 0.1) is 0 Å². The Kier molecular flexibility index (Phi) is 2.91. The predicted molar refractivity (Wildman–Crippen MR) is 91.3 cm³/mol. The normalized spacial score (nSPS) is 28.0. The zero-order valence-corrected chi connectivity index (χ0v) is 13.5. The van der Waals surface area contributed by atoms with Crippen LogP contribution in [0, 0.1) is 0 Å². The number of carbonyl (C=O) groups is 1. The molecule has 2 nitrogen and oxygen atoms in total. The highest BCUT2D eigenvalue weighted by Crippen LogP contribution is 2.60. The van der Waals surface area contributed by atoms with Gasteiger partial charge in [-0.2, -0.15) is 0 Å². The third-order valence-corrected chi connectivity index (χ3v) is 5.46. The van der Waals surface area contributed by atoms with Crippen LogP contribution in [0.25, 0.3) is 6.08 Å². The highest BCUT2D eigenvalue weighted by atomic mass is 16.3. The second-order valence-electron chi connectivity index (χ2n) is 6.70. The second-order valence-corrected chi connectivity index (χ2v) is 6.70. The first-order valence-corrected chi connectivity index (χ1v) is 8.22. The van der Waals surface area contributed by atoms with Gasteiger partial charge in [0, 0.05) is 5.56 Å². The Morgan fingerprint density at radius 3 is 2.35 bits per heavy atom. The quantitative estimate of drug-likeness (QED) is 0.901. The zero-order chi connectivity index (χ0) is 16.2. The standard InChI is InChI=1S/C21H20O2/c1-3-8-15-13-14-9-4-6-11-17(14)21(15)19(22)16-10-5-7-12-18(16)20(21,2)23/h4-7,9-13,23H,3,8H2,1-2H3/t20-,21-/m0/s1. The third-order valence-electron chi connectivity index (χ3n) is 5.46. The molecule has 116 valence electrons. The number of Topliss-reactive ketones (excluding diaryl/α,β-unsaturated/α-hetero) is 1. The minimum Gasteiger partial charge on any atom is -0.384 e. The van der Waals surface area contributed by atoms with Crippen LogP contribution in [0.4, 0.5) is 0 Å². The van der Waals surface area contributed by atoms with Crippen LogP contribution in [-0.4, -0.2) is 10.9 Å². The summed E-state index contributed by atoms with van der Waals surface area (Å²) in [5, 5.41) is 11.5. The van der Waals surface area contributed by atoms with Gasteiger partial charge in [-0.25, -0.2) is 0 Å². The number of aliphatic hydroxyl groups is 1. The number of benzene rings is 2. The van der Waals surface area contributed by atoms with Gasteiger partial charge in [0.1, 0.15) is 11.0 Å². The molecule has 2 atom stereocenters. The van der Waals surface area contributed by atoms with Crippen LogP contribution in [0.1, 0.15) is 53.7 Å². The number of carbonyl (C=O) groups excluding carboxylic acids is 1. The predicted octanol–water partition coefficient (Wildman–Crippen LogP) is 4.23. The molecular weight excluding hydrogens is 284 g/mol. The lowest BCUT2D eigenvalue weighted by Gasteiger charge is -2.39. The van der Waals surface area contributed by atoms with Gasteiger partial charge in [0.25, 0.3) is 0 Å². The van der Waals surface area contributed by atoms with Crippen LogP contribution in [-0.2, 0) is 11.0 Å². The van der Waals surface area contributed by atoms with Crippen molar-refractivity contribution in [1.82, 2.24) is 0 Å². The van der Waals surface area contributed by atoms with E-state index in [1.165, 1.54) is 0 Å². The first-order chi connectivity index (χ1) is 11.0. The van der Waals surface area contributed by atoms with E-state index in [1.54, 1.807) is 6.92 Å². The molecule has 2 aliphatic carbocycles. The summed E-state index contributed by atoms with van der Waals surface area (Å²) in [7, 11) is 0. The smallest absolute Gasteiger partial charge is 0.181 e. The van der Waals surface area contributed by atoms with Crippen LogP contribution < -0.4 is 0 Å². The number of fused-ring (bicyclic) bond motifs is 3. The van der Waals surface area contributed by atoms with Gasteiger partial charge >= 0.3 is 0 Å². The minimum absolute atomic E-state index is 0.0303. The van der Waals surface area contributed by atoms with E-state index < -0.39 is 11.0 Å². The van der Waals surface area contributed by atoms with E-state index in [-0.39, 0.29) is 5.78 Å². The second kappa shape index (κ2) is 4.65. The molecule has 0 radical (unpaired) electrons. The number of hydrogen-bond acceptors (Lipinski definition) is 2. The average molecular weight is 304 g/mol. The van der Waals surface area contributed by atoms with Crippen molar-refractivity contribution < 1.29 is 9.90 Å². The van der Waals surface area contributed by atoms with E-state index in [9.17, 15) is 9.90 Å². The van der Waals surface area contributed by atoms with E-state index in [4.69, 9.17) is 0 Å². The minimum atomic E-state index is -1.23. The molecule has 0 bridgehead atoms. The highest BCUT2D eigenvalue weighted by Gasteiger charge is 2.64. The van der Waals surface area contributed by atoms with Gasteiger partial charge in [0.2, 0.25) is 0 Å². The molecule has 2 heteroatoms. The summed E-state index contributed by atoms with van der Waals surface area (Å²) in [5.74, 6) is 0.0303. The van der Waals surface area contributed by atoms with Gasteiger partial charge in [-0.3, -0.25) is 4.79 Å². The van der Waals surface area contributed by atoms with Gasteiger partial charge in [-0.05, 0) is 35.6 Å². The average Bonchev–Trinajstić information content (AvgIpc) is 2.97. The molecule has 0 heterocycles. The van der Waals surface area contributed by atoms with Gasteiger partial charge in [-0.1, -0.05) is 68.0 Å². The third kappa shape index (κ3) is 1.54. The maximum atomic E-state index is 13.5. The fourth-order valence-electron chi connectivity index (χ4n) is 4.54. The summed E-state index contributed by atoms with van der Waals surface area (Å²) in [6.45, 7) is 3.90. The molecule has 23 heavy (non-hydrogen) atoms. The lowest BCUT2D eigenvalue weighted by Crippen LogP contribution is -2.48.